The molecule has 0 aliphatic rings. The van der Waals surface area contributed by atoms with E-state index in [1.165, 1.54) is 6.92 Å². The van der Waals surface area contributed by atoms with Gasteiger partial charge in [0.2, 0.25) is 5.91 Å². The molecule has 4 heteroatoms. The molecule has 102 valence electrons. The third-order valence-electron chi connectivity index (χ3n) is 2.87. The van der Waals surface area contributed by atoms with Gasteiger partial charge in [-0.1, -0.05) is 6.92 Å². The highest BCUT2D eigenvalue weighted by atomic mass is 16.5. The first-order valence-corrected chi connectivity index (χ1v) is 6.58. The topological polar surface area (TPSA) is 51.5 Å². The maximum Gasteiger partial charge on any atom is 0.216 e. The molecular formula is C15H19NO3. The molecule has 19 heavy (non-hydrogen) atoms. The summed E-state index contributed by atoms with van der Waals surface area (Å²) >= 11 is 0. The van der Waals surface area contributed by atoms with E-state index >= 15 is 0 Å². The van der Waals surface area contributed by atoms with Crippen LogP contribution >= 0.6 is 0 Å². The van der Waals surface area contributed by atoms with Crippen molar-refractivity contribution in [1.29, 1.82) is 0 Å². The van der Waals surface area contributed by atoms with E-state index in [4.69, 9.17) is 9.15 Å². The van der Waals surface area contributed by atoms with Crippen LogP contribution in [0.4, 0.5) is 0 Å². The summed E-state index contributed by atoms with van der Waals surface area (Å²) in [6, 6.07) is 5.83. The lowest BCUT2D eigenvalue weighted by molar-refractivity contribution is -0.118. The van der Waals surface area contributed by atoms with E-state index < -0.39 is 0 Å². The molecule has 0 bridgehead atoms. The second-order valence-corrected chi connectivity index (χ2v) is 4.50. The predicted octanol–water partition coefficient (Wildman–Crippen LogP) is 2.90. The van der Waals surface area contributed by atoms with E-state index in [1.807, 2.05) is 18.2 Å². The Morgan fingerprint density at radius 3 is 3.00 bits per heavy atom. The van der Waals surface area contributed by atoms with Gasteiger partial charge in [-0.25, -0.2) is 0 Å². The van der Waals surface area contributed by atoms with Crippen LogP contribution < -0.4 is 10.1 Å². The number of hydrogen-bond acceptors (Lipinski definition) is 3. The Morgan fingerprint density at radius 1 is 1.42 bits per heavy atom. The molecule has 1 N–H and O–H groups in total. The summed E-state index contributed by atoms with van der Waals surface area (Å²) < 4.78 is 11.1. The molecule has 2 rings (SSSR count). The first-order chi connectivity index (χ1) is 9.20. The van der Waals surface area contributed by atoms with Crippen LogP contribution in [-0.2, 0) is 11.2 Å². The van der Waals surface area contributed by atoms with E-state index in [2.05, 4.69) is 12.2 Å². The molecule has 0 saturated heterocycles. The van der Waals surface area contributed by atoms with E-state index in [9.17, 15) is 4.79 Å². The summed E-state index contributed by atoms with van der Waals surface area (Å²) in [7, 11) is 0. The number of hydrogen-bond donors (Lipinski definition) is 1. The van der Waals surface area contributed by atoms with Gasteiger partial charge in [-0.15, -0.1) is 0 Å². The van der Waals surface area contributed by atoms with Gasteiger partial charge in [-0.05, 0) is 31.0 Å². The zero-order chi connectivity index (χ0) is 13.7. The van der Waals surface area contributed by atoms with Crippen LogP contribution in [0.25, 0.3) is 11.0 Å². The maximum absolute atomic E-state index is 10.9. The van der Waals surface area contributed by atoms with Crippen LogP contribution in [0, 0.1) is 0 Å². The SMILES string of the molecule is CCCOc1ccc2occ(CCNC(C)=O)c2c1. The Balaban J connectivity index is 2.12. The molecule has 0 unspecified atom stereocenters. The second kappa shape index (κ2) is 6.27. The Bertz CT molecular complexity index is 560. The third-order valence-corrected chi connectivity index (χ3v) is 2.87. The number of ether oxygens (including phenoxy) is 1. The van der Waals surface area contributed by atoms with Gasteiger partial charge in [0.25, 0.3) is 0 Å². The van der Waals surface area contributed by atoms with Crippen molar-refractivity contribution >= 4 is 16.9 Å². The lowest BCUT2D eigenvalue weighted by Gasteiger charge is -2.05. The molecule has 2 aromatic rings. The fourth-order valence-corrected chi connectivity index (χ4v) is 1.94. The Labute approximate surface area is 112 Å². The second-order valence-electron chi connectivity index (χ2n) is 4.50. The molecule has 1 aromatic carbocycles. The molecular weight excluding hydrogens is 242 g/mol. The smallest absolute Gasteiger partial charge is 0.216 e. The average Bonchev–Trinajstić information content (AvgIpc) is 2.79. The normalized spacial score (nSPS) is 10.6. The fraction of sp³-hybridized carbons (Fsp3) is 0.400. The predicted molar refractivity (Wildman–Crippen MR) is 74.4 cm³/mol. The Hall–Kier alpha value is -1.97. The standard InChI is InChI=1S/C15H19NO3/c1-3-8-18-13-4-5-15-14(9-13)12(10-19-15)6-7-16-11(2)17/h4-5,9-10H,3,6-8H2,1-2H3,(H,16,17). The van der Waals surface area contributed by atoms with Crippen LogP contribution in [0.15, 0.2) is 28.9 Å². The van der Waals surface area contributed by atoms with Crippen LogP contribution in [0.1, 0.15) is 25.8 Å². The van der Waals surface area contributed by atoms with Crippen molar-refractivity contribution in [2.75, 3.05) is 13.2 Å². The van der Waals surface area contributed by atoms with Crippen molar-refractivity contribution in [3.05, 3.63) is 30.0 Å². The summed E-state index contributed by atoms with van der Waals surface area (Å²) in [5.74, 6) is 0.844. The van der Waals surface area contributed by atoms with Gasteiger partial charge in [0.1, 0.15) is 11.3 Å². The fourth-order valence-electron chi connectivity index (χ4n) is 1.94. The highest BCUT2D eigenvalue weighted by molar-refractivity contribution is 5.82. The maximum atomic E-state index is 10.9. The van der Waals surface area contributed by atoms with Gasteiger partial charge in [0.15, 0.2) is 0 Å². The number of carbonyl (C=O) groups excluding carboxylic acids is 1. The molecule has 0 radical (unpaired) electrons. The van der Waals surface area contributed by atoms with Gasteiger partial charge in [0, 0.05) is 24.4 Å². The van der Waals surface area contributed by atoms with Crippen molar-refractivity contribution in [2.24, 2.45) is 0 Å². The Kier molecular flexibility index (Phi) is 4.44. The van der Waals surface area contributed by atoms with E-state index in [1.54, 1.807) is 6.26 Å². The van der Waals surface area contributed by atoms with Crippen LogP contribution in [0.2, 0.25) is 0 Å². The monoisotopic (exact) mass is 261 g/mol. The van der Waals surface area contributed by atoms with Gasteiger partial charge in [-0.2, -0.15) is 0 Å². The minimum atomic E-state index is -0.0141. The summed E-state index contributed by atoms with van der Waals surface area (Å²) in [5, 5.41) is 3.84. The Morgan fingerprint density at radius 2 is 2.26 bits per heavy atom. The molecule has 0 aliphatic carbocycles. The zero-order valence-corrected chi connectivity index (χ0v) is 11.4. The van der Waals surface area contributed by atoms with Crippen molar-refractivity contribution < 1.29 is 13.9 Å². The minimum absolute atomic E-state index is 0.0141. The van der Waals surface area contributed by atoms with Gasteiger partial charge in [0.05, 0.1) is 12.9 Å². The lowest BCUT2D eigenvalue weighted by Crippen LogP contribution is -2.22. The molecule has 0 spiro atoms. The third kappa shape index (κ3) is 3.50. The quantitative estimate of drug-likeness (QED) is 0.869. The van der Waals surface area contributed by atoms with Gasteiger partial charge >= 0.3 is 0 Å². The molecule has 0 saturated carbocycles. The van der Waals surface area contributed by atoms with Crippen molar-refractivity contribution in [1.82, 2.24) is 5.32 Å². The summed E-state index contributed by atoms with van der Waals surface area (Å²) in [6.07, 6.45) is 3.48. The molecule has 1 heterocycles. The van der Waals surface area contributed by atoms with Crippen LogP contribution in [-0.4, -0.2) is 19.1 Å². The number of rotatable bonds is 6. The number of benzene rings is 1. The highest BCUT2D eigenvalue weighted by Crippen LogP contribution is 2.26. The van der Waals surface area contributed by atoms with Gasteiger partial charge in [-0.3, -0.25) is 4.79 Å². The number of nitrogens with one attached hydrogen (secondary N) is 1. The molecule has 1 aromatic heterocycles. The molecule has 4 nitrogen and oxygen atoms in total. The first kappa shape index (κ1) is 13.5. The number of fused-ring (bicyclic) bond motifs is 1. The highest BCUT2D eigenvalue weighted by Gasteiger charge is 2.07. The largest absolute Gasteiger partial charge is 0.494 e. The van der Waals surface area contributed by atoms with Gasteiger partial charge < -0.3 is 14.5 Å². The number of carbonyl (C=O) groups is 1. The summed E-state index contributed by atoms with van der Waals surface area (Å²) in [6.45, 7) is 4.92. The van der Waals surface area contributed by atoms with Crippen LogP contribution in [0.5, 0.6) is 5.75 Å². The molecule has 0 atom stereocenters. The number of furan rings is 1. The zero-order valence-electron chi connectivity index (χ0n) is 11.4. The summed E-state index contributed by atoms with van der Waals surface area (Å²) in [4.78, 5) is 10.9. The van der Waals surface area contributed by atoms with E-state index in [0.29, 0.717) is 13.2 Å². The van der Waals surface area contributed by atoms with E-state index in [-0.39, 0.29) is 5.91 Å². The van der Waals surface area contributed by atoms with Crippen LogP contribution in [0.3, 0.4) is 0 Å². The van der Waals surface area contributed by atoms with Crippen molar-refractivity contribution in [3.8, 4) is 5.75 Å². The molecule has 0 fully saturated rings. The minimum Gasteiger partial charge on any atom is -0.494 e. The first-order valence-electron chi connectivity index (χ1n) is 6.58. The summed E-state index contributed by atoms with van der Waals surface area (Å²) in [5.41, 5.74) is 1.94. The molecule has 0 aliphatic heterocycles. The molecule has 1 amide bonds. The lowest BCUT2D eigenvalue weighted by atomic mass is 10.1. The average molecular weight is 261 g/mol. The van der Waals surface area contributed by atoms with Crippen molar-refractivity contribution in [2.45, 2.75) is 26.7 Å². The van der Waals surface area contributed by atoms with E-state index in [0.717, 1.165) is 35.1 Å². The number of amides is 1. The van der Waals surface area contributed by atoms with Crippen molar-refractivity contribution in [3.63, 3.8) is 0 Å².